The third-order valence-corrected chi connectivity index (χ3v) is 9.36. The van der Waals surface area contributed by atoms with Crippen molar-refractivity contribution in [3.8, 4) is 0 Å². The van der Waals surface area contributed by atoms with E-state index in [9.17, 15) is 8.42 Å². The van der Waals surface area contributed by atoms with E-state index in [1.54, 1.807) is 0 Å². The summed E-state index contributed by atoms with van der Waals surface area (Å²) < 4.78 is 33.6. The number of hydrogen-bond acceptors (Lipinski definition) is 4. The molecule has 0 spiro atoms. The highest BCUT2D eigenvalue weighted by Crippen LogP contribution is 2.39. The Bertz CT molecular complexity index is 389. The molecule has 19 heavy (non-hydrogen) atoms. The van der Waals surface area contributed by atoms with Crippen molar-refractivity contribution in [3.63, 3.8) is 0 Å². The van der Waals surface area contributed by atoms with Gasteiger partial charge in [0.05, 0.1) is 12.4 Å². The van der Waals surface area contributed by atoms with Crippen LogP contribution in [0.1, 0.15) is 46.5 Å². The van der Waals surface area contributed by atoms with Gasteiger partial charge in [-0.25, -0.2) is 0 Å². The van der Waals surface area contributed by atoms with Crippen molar-refractivity contribution in [2.45, 2.75) is 76.8 Å². The Morgan fingerprint density at radius 3 is 1.79 bits per heavy atom. The van der Waals surface area contributed by atoms with Gasteiger partial charge in [-0.15, -0.1) is 0 Å². The van der Waals surface area contributed by atoms with Crippen LogP contribution >= 0.6 is 0 Å². The van der Waals surface area contributed by atoms with E-state index in [1.165, 1.54) is 0 Å². The van der Waals surface area contributed by atoms with E-state index in [2.05, 4.69) is 33.9 Å². The lowest BCUT2D eigenvalue weighted by atomic mass is 9.95. The molecule has 6 heteroatoms. The Labute approximate surface area is 119 Å². The van der Waals surface area contributed by atoms with Crippen molar-refractivity contribution < 1.29 is 17.0 Å². The Hall–Kier alpha value is 0.0869. The molecule has 0 radical (unpaired) electrons. The quantitative estimate of drug-likeness (QED) is 0.590. The lowest BCUT2D eigenvalue weighted by Gasteiger charge is -2.41. The predicted octanol–water partition coefficient (Wildman–Crippen LogP) is 3.30. The Morgan fingerprint density at radius 2 is 1.42 bits per heavy atom. The number of rotatable bonds is 4. The Balaban J connectivity index is 2.47. The van der Waals surface area contributed by atoms with Crippen molar-refractivity contribution in [2.75, 3.05) is 6.26 Å². The molecule has 4 nitrogen and oxygen atoms in total. The minimum Gasteiger partial charge on any atom is -0.414 e. The molecule has 114 valence electrons. The van der Waals surface area contributed by atoms with Gasteiger partial charge < -0.3 is 4.43 Å². The molecule has 1 aliphatic carbocycles. The molecule has 0 aromatic carbocycles. The molecule has 0 amide bonds. The summed E-state index contributed by atoms with van der Waals surface area (Å²) in [7, 11) is -5.05. The minimum atomic E-state index is -3.33. The molecule has 1 fully saturated rings. The van der Waals surface area contributed by atoms with Crippen molar-refractivity contribution >= 4 is 18.4 Å². The van der Waals surface area contributed by atoms with Crippen molar-refractivity contribution in [2.24, 2.45) is 0 Å². The van der Waals surface area contributed by atoms with Gasteiger partial charge in [0.25, 0.3) is 10.1 Å². The molecule has 0 heterocycles. The van der Waals surface area contributed by atoms with Crippen molar-refractivity contribution in [1.29, 1.82) is 0 Å². The first-order valence-electron chi connectivity index (χ1n) is 6.97. The van der Waals surface area contributed by atoms with Gasteiger partial charge in [0.2, 0.25) is 0 Å². The summed E-state index contributed by atoms with van der Waals surface area (Å²) in [5, 5.41) is 0.215. The third kappa shape index (κ3) is 5.53. The summed E-state index contributed by atoms with van der Waals surface area (Å²) in [4.78, 5) is 0. The SMILES string of the molecule is CC(C)(C)[Si](C)(C)O[C@H]1CC[C@H](OS(C)(=O)=O)CC1. The molecule has 0 saturated heterocycles. The smallest absolute Gasteiger partial charge is 0.264 e. The lowest BCUT2D eigenvalue weighted by molar-refractivity contribution is 0.0762. The monoisotopic (exact) mass is 308 g/mol. The predicted molar refractivity (Wildman–Crippen MR) is 80.3 cm³/mol. The van der Waals surface area contributed by atoms with E-state index >= 15 is 0 Å². The van der Waals surface area contributed by atoms with Crippen molar-refractivity contribution in [3.05, 3.63) is 0 Å². The highest BCUT2D eigenvalue weighted by molar-refractivity contribution is 7.86. The van der Waals surface area contributed by atoms with Crippen LogP contribution < -0.4 is 0 Å². The first kappa shape index (κ1) is 17.1. The van der Waals surface area contributed by atoms with Gasteiger partial charge in [-0.3, -0.25) is 4.18 Å². The second kappa shape index (κ2) is 5.83. The Kier molecular flexibility index (Phi) is 5.26. The zero-order valence-corrected chi connectivity index (χ0v) is 14.8. The molecule has 0 aliphatic heterocycles. The molecule has 0 aromatic rings. The second-order valence-electron chi connectivity index (χ2n) is 7.08. The van der Waals surface area contributed by atoms with Crippen LogP contribution in [0.4, 0.5) is 0 Å². The molecule has 1 rings (SSSR count). The highest BCUT2D eigenvalue weighted by Gasteiger charge is 2.40. The first-order valence-corrected chi connectivity index (χ1v) is 11.7. The third-order valence-electron chi connectivity index (χ3n) is 4.20. The summed E-state index contributed by atoms with van der Waals surface area (Å²) in [6.07, 6.45) is 4.55. The lowest BCUT2D eigenvalue weighted by Crippen LogP contribution is -2.45. The summed E-state index contributed by atoms with van der Waals surface area (Å²) in [5.74, 6) is 0. The van der Waals surface area contributed by atoms with E-state index < -0.39 is 18.4 Å². The van der Waals surface area contributed by atoms with Crippen LogP contribution in [0, 0.1) is 0 Å². The number of hydrogen-bond donors (Lipinski definition) is 0. The zero-order valence-electron chi connectivity index (χ0n) is 13.0. The molecule has 1 aliphatic rings. The van der Waals surface area contributed by atoms with Gasteiger partial charge >= 0.3 is 0 Å². The van der Waals surface area contributed by atoms with Gasteiger partial charge in [-0.1, -0.05) is 20.8 Å². The average molecular weight is 309 g/mol. The molecule has 0 atom stereocenters. The van der Waals surface area contributed by atoms with Crippen LogP contribution in [0.5, 0.6) is 0 Å². The fourth-order valence-corrected chi connectivity index (χ4v) is 4.20. The summed E-state index contributed by atoms with van der Waals surface area (Å²) in [5.41, 5.74) is 0. The topological polar surface area (TPSA) is 52.6 Å². The summed E-state index contributed by atoms with van der Waals surface area (Å²) >= 11 is 0. The van der Waals surface area contributed by atoms with Crippen LogP contribution in [0.15, 0.2) is 0 Å². The van der Waals surface area contributed by atoms with E-state index in [-0.39, 0.29) is 17.2 Å². The molecular weight excluding hydrogens is 280 g/mol. The highest BCUT2D eigenvalue weighted by atomic mass is 32.2. The van der Waals surface area contributed by atoms with E-state index in [4.69, 9.17) is 8.61 Å². The maximum absolute atomic E-state index is 11.1. The van der Waals surface area contributed by atoms with Gasteiger partial charge in [0.15, 0.2) is 8.32 Å². The van der Waals surface area contributed by atoms with Crippen LogP contribution in [0.3, 0.4) is 0 Å². The van der Waals surface area contributed by atoms with E-state index in [1.807, 2.05) is 0 Å². The molecule has 1 saturated carbocycles. The van der Waals surface area contributed by atoms with Gasteiger partial charge in [-0.05, 0) is 43.8 Å². The maximum atomic E-state index is 11.1. The van der Waals surface area contributed by atoms with Crippen LogP contribution in [-0.4, -0.2) is 35.2 Å². The molecule has 0 N–H and O–H groups in total. The van der Waals surface area contributed by atoms with Gasteiger partial charge in [0.1, 0.15) is 0 Å². The fourth-order valence-electron chi connectivity index (χ4n) is 2.09. The van der Waals surface area contributed by atoms with Gasteiger partial charge in [0, 0.05) is 6.10 Å². The minimum absolute atomic E-state index is 0.158. The van der Waals surface area contributed by atoms with Gasteiger partial charge in [-0.2, -0.15) is 8.42 Å². The van der Waals surface area contributed by atoms with E-state index in [0.717, 1.165) is 31.9 Å². The second-order valence-corrected chi connectivity index (χ2v) is 13.4. The van der Waals surface area contributed by atoms with E-state index in [0.29, 0.717) is 0 Å². The molecular formula is C13H28O4SSi. The molecule has 0 aromatic heterocycles. The van der Waals surface area contributed by atoms with Crippen molar-refractivity contribution in [1.82, 2.24) is 0 Å². The molecule has 0 unspecified atom stereocenters. The summed E-state index contributed by atoms with van der Waals surface area (Å²) in [6, 6.07) is 0. The standard InChI is InChI=1S/C13H28O4SSi/c1-13(2,3)19(5,6)17-12-9-7-11(8-10-12)16-18(4,14)15/h11-12H,7-10H2,1-6H3/t11-,12-. The van der Waals surface area contributed by atoms with Crippen LogP contribution in [0.2, 0.25) is 18.1 Å². The Morgan fingerprint density at radius 1 is 1.00 bits per heavy atom. The maximum Gasteiger partial charge on any atom is 0.264 e. The normalized spacial score (nSPS) is 26.4. The zero-order chi connectivity index (χ0) is 14.9. The molecule has 0 bridgehead atoms. The first-order chi connectivity index (χ1) is 8.41. The summed E-state index contributed by atoms with van der Waals surface area (Å²) in [6.45, 7) is 11.2. The van der Waals surface area contributed by atoms with Crippen LogP contribution in [0.25, 0.3) is 0 Å². The average Bonchev–Trinajstić information content (AvgIpc) is 2.16. The largest absolute Gasteiger partial charge is 0.414 e. The fraction of sp³-hybridized carbons (Fsp3) is 1.00. The van der Waals surface area contributed by atoms with Crippen LogP contribution in [-0.2, 0) is 18.7 Å².